The summed E-state index contributed by atoms with van der Waals surface area (Å²) in [7, 11) is 0. The highest BCUT2D eigenvalue weighted by Gasteiger charge is 2.34. The van der Waals surface area contributed by atoms with Crippen LogP contribution in [0.4, 0.5) is 0 Å². The molecule has 2 aliphatic rings. The molecular formula is C6H10N2O3. The van der Waals surface area contributed by atoms with Gasteiger partial charge < -0.3 is 10.4 Å². The maximum absolute atomic E-state index is 10.9. The third kappa shape index (κ3) is 1.07. The molecule has 1 aliphatic heterocycles. The van der Waals surface area contributed by atoms with Crippen LogP contribution < -0.4 is 10.5 Å². The third-order valence-corrected chi connectivity index (χ3v) is 2.15. The van der Waals surface area contributed by atoms with E-state index in [1.54, 1.807) is 0 Å². The summed E-state index contributed by atoms with van der Waals surface area (Å²) in [6.45, 7) is 0. The summed E-state index contributed by atoms with van der Waals surface area (Å²) in [5.74, 6) is 0. The van der Waals surface area contributed by atoms with Crippen LogP contribution in [0.25, 0.3) is 0 Å². The zero-order valence-electron chi connectivity index (χ0n) is 6.05. The van der Waals surface area contributed by atoms with E-state index in [0.29, 0.717) is 11.4 Å². The first kappa shape index (κ1) is 7.20. The number of allylic oxidation sites excluding steroid dienone is 2. The highest BCUT2D eigenvalue weighted by molar-refractivity contribution is 5.02. The Morgan fingerprint density at radius 3 is 1.91 bits per heavy atom. The first-order valence-corrected chi connectivity index (χ1v) is 3.77. The molecule has 0 fully saturated rings. The summed E-state index contributed by atoms with van der Waals surface area (Å²) >= 11 is 0. The molecule has 0 aromatic rings. The number of hydroxylamine groups is 4. The highest BCUT2D eigenvalue weighted by Crippen LogP contribution is 2.18. The maximum Gasteiger partial charge on any atom is 0.205 e. The molecule has 2 rings (SSSR count). The Kier molecular flexibility index (Phi) is 1.67. The van der Waals surface area contributed by atoms with Crippen molar-refractivity contribution in [3.05, 3.63) is 21.8 Å². The van der Waals surface area contributed by atoms with E-state index in [9.17, 15) is 10.4 Å². The maximum atomic E-state index is 10.9. The molecule has 5 nitrogen and oxygen atoms in total. The van der Waals surface area contributed by atoms with Crippen LogP contribution in [0.5, 0.6) is 0 Å². The fourth-order valence-corrected chi connectivity index (χ4v) is 1.56. The zero-order valence-corrected chi connectivity index (χ0v) is 6.05. The van der Waals surface area contributed by atoms with Gasteiger partial charge in [0.05, 0.1) is 0 Å². The van der Waals surface area contributed by atoms with Crippen molar-refractivity contribution in [2.45, 2.75) is 25.7 Å². The molecule has 0 radical (unpaired) electrons. The number of nitrogens with one attached hydrogen (secondary N) is 2. The molecule has 1 aliphatic carbocycles. The average molecular weight is 158 g/mol. The van der Waals surface area contributed by atoms with Gasteiger partial charge in [-0.05, 0) is 12.8 Å². The SMILES string of the molecule is [O-][NH+]1O[NH+]([O-])C2=C1CCCC2. The molecule has 0 spiro atoms. The monoisotopic (exact) mass is 158 g/mol. The Morgan fingerprint density at radius 2 is 1.45 bits per heavy atom. The van der Waals surface area contributed by atoms with Crippen LogP contribution in [0, 0.1) is 10.4 Å². The summed E-state index contributed by atoms with van der Waals surface area (Å²) in [6.07, 6.45) is 3.45. The lowest BCUT2D eigenvalue weighted by Gasteiger charge is -2.13. The lowest BCUT2D eigenvalue weighted by Crippen LogP contribution is -3.17. The van der Waals surface area contributed by atoms with Crippen molar-refractivity contribution in [1.82, 2.24) is 0 Å². The van der Waals surface area contributed by atoms with E-state index in [1.807, 2.05) is 0 Å². The molecule has 0 amide bonds. The number of rotatable bonds is 0. The van der Waals surface area contributed by atoms with Gasteiger partial charge in [-0.3, -0.25) is 0 Å². The van der Waals surface area contributed by atoms with Crippen molar-refractivity contribution in [2.75, 3.05) is 0 Å². The molecule has 0 bridgehead atoms. The third-order valence-electron chi connectivity index (χ3n) is 2.15. The minimum Gasteiger partial charge on any atom is -0.590 e. The molecule has 0 saturated carbocycles. The van der Waals surface area contributed by atoms with Crippen molar-refractivity contribution in [1.29, 1.82) is 0 Å². The molecular weight excluding hydrogens is 148 g/mol. The van der Waals surface area contributed by atoms with Gasteiger partial charge in [-0.25, -0.2) is 0 Å². The van der Waals surface area contributed by atoms with E-state index in [0.717, 1.165) is 25.7 Å². The second-order valence-electron chi connectivity index (χ2n) is 2.84. The standard InChI is InChI=1S/C6H10N2O3/c9-7-5-3-1-2-4-6(5)8(10)11-7/h7-8H,1-4H2. The van der Waals surface area contributed by atoms with Crippen molar-refractivity contribution < 1.29 is 15.4 Å². The van der Waals surface area contributed by atoms with E-state index < -0.39 is 10.5 Å². The van der Waals surface area contributed by atoms with Gasteiger partial charge in [0.2, 0.25) is 11.4 Å². The lowest BCUT2D eigenvalue weighted by molar-refractivity contribution is -1.26. The van der Waals surface area contributed by atoms with Gasteiger partial charge in [0.25, 0.3) is 0 Å². The van der Waals surface area contributed by atoms with Gasteiger partial charge >= 0.3 is 0 Å². The molecule has 0 aromatic heterocycles. The van der Waals surface area contributed by atoms with E-state index in [2.05, 4.69) is 4.94 Å². The Morgan fingerprint density at radius 1 is 1.00 bits per heavy atom. The van der Waals surface area contributed by atoms with Gasteiger partial charge in [0.1, 0.15) is 0 Å². The first-order valence-electron chi connectivity index (χ1n) is 3.77. The van der Waals surface area contributed by atoms with Crippen molar-refractivity contribution in [2.24, 2.45) is 0 Å². The van der Waals surface area contributed by atoms with Gasteiger partial charge in [-0.2, -0.15) is 0 Å². The van der Waals surface area contributed by atoms with Gasteiger partial charge in [-0.1, -0.05) is 0 Å². The highest BCUT2D eigenvalue weighted by atomic mass is 17.1. The Bertz CT molecular complexity index is 184. The van der Waals surface area contributed by atoms with E-state index in [-0.39, 0.29) is 0 Å². The predicted molar refractivity (Wildman–Crippen MR) is 35.2 cm³/mol. The van der Waals surface area contributed by atoms with Crippen molar-refractivity contribution in [3.63, 3.8) is 0 Å². The Balaban J connectivity index is 2.25. The van der Waals surface area contributed by atoms with Gasteiger partial charge in [0, 0.05) is 17.8 Å². The quantitative estimate of drug-likeness (QED) is 0.417. The Labute approximate surface area is 63.9 Å². The first-order chi connectivity index (χ1) is 5.29. The molecule has 0 saturated heterocycles. The largest absolute Gasteiger partial charge is 0.590 e. The number of hydrogen-bond donors (Lipinski definition) is 2. The van der Waals surface area contributed by atoms with E-state index in [1.165, 1.54) is 0 Å². The molecule has 0 aromatic carbocycles. The topological polar surface area (TPSA) is 64.2 Å². The Hall–Kier alpha value is -0.460. The second kappa shape index (κ2) is 2.54. The summed E-state index contributed by atoms with van der Waals surface area (Å²) in [4.78, 5) is 4.46. The molecule has 2 unspecified atom stereocenters. The minimum atomic E-state index is -0.412. The molecule has 2 N–H and O–H groups in total. The van der Waals surface area contributed by atoms with Gasteiger partial charge in [-0.15, -0.1) is 10.5 Å². The van der Waals surface area contributed by atoms with Crippen LogP contribution in [0.15, 0.2) is 11.4 Å². The fourth-order valence-electron chi connectivity index (χ4n) is 1.56. The summed E-state index contributed by atoms with van der Waals surface area (Å²) in [6, 6.07) is 0. The molecule has 5 heteroatoms. The zero-order chi connectivity index (χ0) is 7.84. The van der Waals surface area contributed by atoms with Crippen LogP contribution in [-0.2, 0) is 4.94 Å². The number of hydrogen-bond acceptors (Lipinski definition) is 3. The van der Waals surface area contributed by atoms with Crippen LogP contribution >= 0.6 is 0 Å². The average Bonchev–Trinajstić information content (AvgIpc) is 2.30. The second-order valence-corrected chi connectivity index (χ2v) is 2.84. The van der Waals surface area contributed by atoms with E-state index >= 15 is 0 Å². The predicted octanol–water partition coefficient (Wildman–Crippen LogP) is -1.60. The minimum absolute atomic E-state index is 0.412. The van der Waals surface area contributed by atoms with Crippen molar-refractivity contribution in [3.8, 4) is 0 Å². The fraction of sp³-hybridized carbons (Fsp3) is 0.667. The van der Waals surface area contributed by atoms with Crippen molar-refractivity contribution >= 4 is 0 Å². The summed E-state index contributed by atoms with van der Waals surface area (Å²) in [5.41, 5.74) is 1.25. The van der Waals surface area contributed by atoms with E-state index in [4.69, 9.17) is 0 Å². The summed E-state index contributed by atoms with van der Waals surface area (Å²) < 4.78 is 0. The van der Waals surface area contributed by atoms with Gasteiger partial charge in [0.15, 0.2) is 0 Å². The van der Waals surface area contributed by atoms with Crippen LogP contribution in [0.3, 0.4) is 0 Å². The molecule has 2 atom stereocenters. The van der Waals surface area contributed by atoms with Crippen LogP contribution in [0.1, 0.15) is 25.7 Å². The number of quaternary nitrogens is 2. The normalized spacial score (nSPS) is 37.6. The summed E-state index contributed by atoms with van der Waals surface area (Å²) in [5, 5.41) is 21.0. The smallest absolute Gasteiger partial charge is 0.205 e. The molecule has 1 heterocycles. The molecule has 11 heavy (non-hydrogen) atoms. The lowest BCUT2D eigenvalue weighted by atomic mass is 10.0. The molecule has 62 valence electrons. The van der Waals surface area contributed by atoms with Crippen LogP contribution in [-0.4, -0.2) is 0 Å². The van der Waals surface area contributed by atoms with Crippen LogP contribution in [0.2, 0.25) is 0 Å².